The van der Waals surface area contributed by atoms with E-state index in [1.165, 1.54) is 58.6 Å². The number of fused-ring (bicyclic) bond motifs is 3. The molecule has 0 saturated heterocycles. The number of rotatable bonds is 20. The molecule has 1 heterocycles. The van der Waals surface area contributed by atoms with Gasteiger partial charge in [0, 0.05) is 64.0 Å². The van der Waals surface area contributed by atoms with Gasteiger partial charge in [-0.15, -0.1) is 0 Å². The van der Waals surface area contributed by atoms with Gasteiger partial charge < -0.3 is 18.9 Å². The van der Waals surface area contributed by atoms with E-state index < -0.39 is 0 Å². The molecule has 0 aliphatic heterocycles. The Balaban J connectivity index is 0.888. The maximum Gasteiger partial charge on any atom is 0.0717 e. The van der Waals surface area contributed by atoms with Gasteiger partial charge in [0.25, 0.3) is 0 Å². The van der Waals surface area contributed by atoms with Crippen molar-refractivity contribution in [2.45, 2.75) is 71.1 Å². The molecule has 0 fully saturated rings. The van der Waals surface area contributed by atoms with Gasteiger partial charge in [-0.3, -0.25) is 0 Å². The number of aromatic nitrogens is 1. The zero-order chi connectivity index (χ0) is 33.5. The second-order valence-corrected chi connectivity index (χ2v) is 13.6. The molecule has 0 radical (unpaired) electrons. The summed E-state index contributed by atoms with van der Waals surface area (Å²) >= 11 is 3.55. The van der Waals surface area contributed by atoms with Gasteiger partial charge in [-0.1, -0.05) is 114 Å². The first-order chi connectivity index (χ1) is 24.3. The van der Waals surface area contributed by atoms with Crippen LogP contribution in [0.1, 0.15) is 62.5 Å². The van der Waals surface area contributed by atoms with Crippen LogP contribution in [-0.4, -0.2) is 23.1 Å². The molecule has 4 nitrogen and oxygen atoms in total. The Morgan fingerprint density at radius 3 is 1.67 bits per heavy atom. The summed E-state index contributed by atoms with van der Waals surface area (Å²) in [4.78, 5) is 2.28. The van der Waals surface area contributed by atoms with Crippen LogP contribution < -0.4 is 4.90 Å². The van der Waals surface area contributed by atoms with E-state index >= 15 is 0 Å². The Hall–Kier alpha value is -3.90. The first kappa shape index (κ1) is 34.9. The van der Waals surface area contributed by atoms with Crippen molar-refractivity contribution in [3.8, 4) is 0 Å². The molecule has 1 aromatic heterocycles. The highest BCUT2D eigenvalue weighted by molar-refractivity contribution is 9.09. The standard InChI is InChI=1S/C44H49BrN2O2/c45-29-13-1-2-14-30-46-43-22-12-11-21-41(43)42-33-37(25-28-44(42)46)35-49-32-16-4-3-15-31-48-34-36-23-26-40(27-24-36)47(38-17-7-5-8-18-38)39-19-9-6-10-20-39/h5-12,17-28,33H,1-4,13-16,29-32,34-35H2. The number of anilines is 3. The molecule has 49 heavy (non-hydrogen) atoms. The molecular formula is C44H49BrN2O2. The third-order valence-electron chi connectivity index (χ3n) is 9.19. The predicted molar refractivity (Wildman–Crippen MR) is 211 cm³/mol. The molecule has 0 aliphatic carbocycles. The topological polar surface area (TPSA) is 26.6 Å². The monoisotopic (exact) mass is 716 g/mol. The molecule has 0 aliphatic rings. The van der Waals surface area contributed by atoms with Crippen LogP contribution in [0, 0.1) is 0 Å². The van der Waals surface area contributed by atoms with Gasteiger partial charge in [-0.05, 0) is 91.4 Å². The minimum absolute atomic E-state index is 0.639. The quantitative estimate of drug-likeness (QED) is 0.0581. The Bertz CT molecular complexity index is 1800. The number of halogens is 1. The van der Waals surface area contributed by atoms with E-state index in [-0.39, 0.29) is 0 Å². The van der Waals surface area contributed by atoms with Crippen LogP contribution in [0.15, 0.2) is 127 Å². The summed E-state index contributed by atoms with van der Waals surface area (Å²) < 4.78 is 14.7. The largest absolute Gasteiger partial charge is 0.377 e. The number of nitrogens with zero attached hydrogens (tertiary/aromatic N) is 2. The summed E-state index contributed by atoms with van der Waals surface area (Å²) in [5, 5.41) is 3.79. The third-order valence-corrected chi connectivity index (χ3v) is 9.75. The zero-order valence-electron chi connectivity index (χ0n) is 28.6. The molecule has 6 aromatic rings. The van der Waals surface area contributed by atoms with Crippen molar-refractivity contribution < 1.29 is 9.47 Å². The highest BCUT2D eigenvalue weighted by atomic mass is 79.9. The number of para-hydroxylation sites is 3. The maximum absolute atomic E-state index is 6.11. The van der Waals surface area contributed by atoms with Gasteiger partial charge >= 0.3 is 0 Å². The minimum Gasteiger partial charge on any atom is -0.377 e. The Morgan fingerprint density at radius 2 is 1.00 bits per heavy atom. The predicted octanol–water partition coefficient (Wildman–Crippen LogP) is 12.5. The van der Waals surface area contributed by atoms with Gasteiger partial charge in [0.2, 0.25) is 0 Å². The van der Waals surface area contributed by atoms with Gasteiger partial charge in [0.05, 0.1) is 13.2 Å². The molecule has 0 spiro atoms. The van der Waals surface area contributed by atoms with Crippen molar-refractivity contribution in [1.82, 2.24) is 4.57 Å². The molecule has 0 amide bonds. The number of ether oxygens (including phenoxy) is 2. The fraction of sp³-hybridized carbons (Fsp3) is 0.318. The Labute approximate surface area is 300 Å². The number of hydrogen-bond acceptors (Lipinski definition) is 3. The fourth-order valence-corrected chi connectivity index (χ4v) is 7.03. The molecule has 0 saturated carbocycles. The third kappa shape index (κ3) is 9.63. The van der Waals surface area contributed by atoms with Crippen molar-refractivity contribution in [2.24, 2.45) is 0 Å². The second-order valence-electron chi connectivity index (χ2n) is 12.8. The first-order valence-electron chi connectivity index (χ1n) is 18.0. The molecule has 5 aromatic carbocycles. The van der Waals surface area contributed by atoms with Gasteiger partial charge in [0.15, 0.2) is 0 Å². The number of benzene rings is 5. The van der Waals surface area contributed by atoms with Crippen molar-refractivity contribution >= 4 is 54.8 Å². The lowest BCUT2D eigenvalue weighted by Gasteiger charge is -2.25. The minimum atomic E-state index is 0.639. The number of unbranched alkanes of at least 4 members (excludes halogenated alkanes) is 6. The lowest BCUT2D eigenvalue weighted by Crippen LogP contribution is -2.09. The van der Waals surface area contributed by atoms with E-state index in [4.69, 9.17) is 9.47 Å². The molecule has 0 bridgehead atoms. The van der Waals surface area contributed by atoms with E-state index in [0.717, 1.165) is 67.8 Å². The van der Waals surface area contributed by atoms with Crippen LogP contribution >= 0.6 is 15.9 Å². The molecule has 5 heteroatoms. The van der Waals surface area contributed by atoms with Gasteiger partial charge in [0.1, 0.15) is 0 Å². The summed E-state index contributed by atoms with van der Waals surface area (Å²) in [5.41, 5.74) is 8.55. The van der Waals surface area contributed by atoms with Crippen molar-refractivity contribution in [3.63, 3.8) is 0 Å². The number of hydrogen-bond donors (Lipinski definition) is 0. The van der Waals surface area contributed by atoms with Crippen LogP contribution in [0.25, 0.3) is 21.8 Å². The second kappa shape index (κ2) is 18.7. The van der Waals surface area contributed by atoms with Gasteiger partial charge in [-0.2, -0.15) is 0 Å². The van der Waals surface area contributed by atoms with Crippen LogP contribution in [-0.2, 0) is 29.2 Å². The summed E-state index contributed by atoms with van der Waals surface area (Å²) in [7, 11) is 0. The molecule has 0 N–H and O–H groups in total. The summed E-state index contributed by atoms with van der Waals surface area (Å²) in [5.74, 6) is 0. The molecular weight excluding hydrogens is 668 g/mol. The normalized spacial score (nSPS) is 11.4. The van der Waals surface area contributed by atoms with Crippen molar-refractivity contribution in [2.75, 3.05) is 23.4 Å². The highest BCUT2D eigenvalue weighted by Crippen LogP contribution is 2.34. The van der Waals surface area contributed by atoms with E-state index in [2.05, 4.69) is 153 Å². The first-order valence-corrected chi connectivity index (χ1v) is 19.1. The van der Waals surface area contributed by atoms with Crippen molar-refractivity contribution in [1.29, 1.82) is 0 Å². The molecule has 6 rings (SSSR count). The highest BCUT2D eigenvalue weighted by Gasteiger charge is 2.12. The SMILES string of the molecule is BrCCCCCCn1c2ccccc2c2cc(COCCCCCCOCc3ccc(N(c4ccccc4)c4ccccc4)cc3)ccc21. The van der Waals surface area contributed by atoms with E-state index in [0.29, 0.717) is 13.2 Å². The average Bonchev–Trinajstić information content (AvgIpc) is 3.46. The summed E-state index contributed by atoms with van der Waals surface area (Å²) in [6.07, 6.45) is 9.52. The smallest absolute Gasteiger partial charge is 0.0717 e. The Morgan fingerprint density at radius 1 is 0.469 bits per heavy atom. The van der Waals surface area contributed by atoms with Crippen LogP contribution in [0.2, 0.25) is 0 Å². The Kier molecular flexibility index (Phi) is 13.4. The summed E-state index contributed by atoms with van der Waals surface area (Å²) in [6.45, 7) is 3.96. The number of alkyl halides is 1. The van der Waals surface area contributed by atoms with Crippen LogP contribution in [0.3, 0.4) is 0 Å². The number of aryl methyl sites for hydroxylation is 1. The van der Waals surface area contributed by atoms with Gasteiger partial charge in [-0.25, -0.2) is 0 Å². The van der Waals surface area contributed by atoms with E-state index in [1.807, 2.05) is 0 Å². The lowest BCUT2D eigenvalue weighted by molar-refractivity contribution is 0.108. The summed E-state index contributed by atoms with van der Waals surface area (Å²) in [6, 6.07) is 45.4. The van der Waals surface area contributed by atoms with Crippen LogP contribution in [0.4, 0.5) is 17.1 Å². The van der Waals surface area contributed by atoms with Crippen molar-refractivity contribution in [3.05, 3.63) is 139 Å². The van der Waals surface area contributed by atoms with E-state index in [1.54, 1.807) is 0 Å². The molecule has 0 unspecified atom stereocenters. The molecule has 0 atom stereocenters. The van der Waals surface area contributed by atoms with E-state index in [9.17, 15) is 0 Å². The fourth-order valence-electron chi connectivity index (χ4n) is 6.63. The maximum atomic E-state index is 6.11. The molecule has 254 valence electrons. The van der Waals surface area contributed by atoms with Crippen LogP contribution in [0.5, 0.6) is 0 Å². The zero-order valence-corrected chi connectivity index (χ0v) is 30.2. The lowest BCUT2D eigenvalue weighted by atomic mass is 10.1. The average molecular weight is 718 g/mol.